The first kappa shape index (κ1) is 30.5. The molecule has 0 aliphatic heterocycles. The molecule has 0 saturated carbocycles. The normalized spacial score (nSPS) is 10.5. The van der Waals surface area contributed by atoms with Gasteiger partial charge < -0.3 is 15.5 Å². The Morgan fingerprint density at radius 2 is 1.86 bits per heavy atom. The minimum Gasteiger partial charge on any atom is -0.372 e. The van der Waals surface area contributed by atoms with Gasteiger partial charge in [-0.15, -0.1) is 32.5 Å². The molecular weight excluding hydrogens is 550 g/mol. The summed E-state index contributed by atoms with van der Waals surface area (Å²) in [5, 5.41) is 7.77. The standard InChI is InChI=1S/C19H21ClFN5O2S2.CF2O.ClH/c1-22-7-8-26(2)17-6-4-3-5-15(17)24-16-10-14(21)18(9-13(16)20)30(27,28)25-19-11-29-12-23-19;2-1(3)4;/h3-6,9-12,22,24-25H,7-8H2,1-2H3;;1H. The molecule has 3 N–H and O–H groups in total. The number of para-hydroxylation sites is 2. The van der Waals surface area contributed by atoms with Gasteiger partial charge in [-0.2, -0.15) is 0 Å². The van der Waals surface area contributed by atoms with Crippen molar-refractivity contribution in [3.05, 3.63) is 58.1 Å². The van der Waals surface area contributed by atoms with Gasteiger partial charge in [0.25, 0.3) is 10.0 Å². The summed E-state index contributed by atoms with van der Waals surface area (Å²) < 4.78 is 61.4. The number of carbonyl (C=O) groups excluding carboxylic acids is 1. The maximum absolute atomic E-state index is 14.7. The number of anilines is 4. The Kier molecular flexibility index (Phi) is 12.3. The summed E-state index contributed by atoms with van der Waals surface area (Å²) in [6.07, 6.45) is -2.83. The van der Waals surface area contributed by atoms with Gasteiger partial charge in [-0.1, -0.05) is 23.7 Å². The maximum Gasteiger partial charge on any atom is 0.483 e. The lowest BCUT2D eigenvalue weighted by atomic mass is 10.2. The molecule has 0 unspecified atom stereocenters. The number of hydrogen-bond donors (Lipinski definition) is 3. The van der Waals surface area contributed by atoms with Gasteiger partial charge in [0.2, 0.25) is 0 Å². The van der Waals surface area contributed by atoms with Gasteiger partial charge in [-0.3, -0.25) is 4.72 Å². The van der Waals surface area contributed by atoms with Crippen molar-refractivity contribution in [3.8, 4) is 0 Å². The molecule has 35 heavy (non-hydrogen) atoms. The third-order valence-electron chi connectivity index (χ3n) is 4.26. The topological polar surface area (TPSA) is 103 Å². The Labute approximate surface area is 216 Å². The van der Waals surface area contributed by atoms with Gasteiger partial charge in [0.1, 0.15) is 10.7 Å². The third-order valence-corrected chi connectivity index (χ3v) is 6.53. The first-order valence-electron chi connectivity index (χ1n) is 9.52. The molecule has 3 aromatic rings. The smallest absolute Gasteiger partial charge is 0.372 e. The second-order valence-electron chi connectivity index (χ2n) is 6.63. The van der Waals surface area contributed by atoms with Crippen LogP contribution in [0.3, 0.4) is 0 Å². The SMILES string of the molecule is CNCCN(C)c1ccccc1Nc1cc(F)c(S(=O)(=O)Nc2cscn2)cc1Cl.Cl.O=C(F)F. The van der Waals surface area contributed by atoms with Crippen molar-refractivity contribution in [1.82, 2.24) is 10.3 Å². The van der Waals surface area contributed by atoms with Crippen molar-refractivity contribution in [2.24, 2.45) is 0 Å². The Morgan fingerprint density at radius 3 is 2.46 bits per heavy atom. The Morgan fingerprint density at radius 1 is 1.20 bits per heavy atom. The summed E-state index contributed by atoms with van der Waals surface area (Å²) in [6.45, 7) is 1.55. The van der Waals surface area contributed by atoms with Gasteiger partial charge in [0.15, 0.2) is 5.82 Å². The van der Waals surface area contributed by atoms with Crippen molar-refractivity contribution >= 4 is 74.5 Å². The number of aromatic nitrogens is 1. The van der Waals surface area contributed by atoms with Crippen LogP contribution in [0.2, 0.25) is 5.02 Å². The number of sulfonamides is 1. The summed E-state index contributed by atoms with van der Waals surface area (Å²) in [4.78, 5) is 13.5. The zero-order valence-electron chi connectivity index (χ0n) is 18.4. The highest BCUT2D eigenvalue weighted by atomic mass is 35.5. The van der Waals surface area contributed by atoms with E-state index in [4.69, 9.17) is 16.4 Å². The monoisotopic (exact) mass is 571 g/mol. The summed E-state index contributed by atoms with van der Waals surface area (Å²) in [5.41, 5.74) is 3.34. The van der Waals surface area contributed by atoms with E-state index in [2.05, 4.69) is 20.3 Å². The second-order valence-corrected chi connectivity index (χ2v) is 9.41. The van der Waals surface area contributed by atoms with Crippen LogP contribution in [0.25, 0.3) is 0 Å². The van der Waals surface area contributed by atoms with Crippen LogP contribution in [0, 0.1) is 5.82 Å². The molecule has 0 aliphatic carbocycles. The Balaban J connectivity index is 0.00000114. The largest absolute Gasteiger partial charge is 0.483 e. The predicted octanol–water partition coefficient (Wildman–Crippen LogP) is 5.60. The highest BCUT2D eigenvalue weighted by Crippen LogP contribution is 2.34. The van der Waals surface area contributed by atoms with Crippen LogP contribution in [0.15, 0.2) is 52.2 Å². The van der Waals surface area contributed by atoms with Gasteiger partial charge in [0.05, 0.1) is 27.6 Å². The Bertz CT molecular complexity index is 1210. The van der Waals surface area contributed by atoms with Gasteiger partial charge in [0, 0.05) is 31.6 Å². The molecule has 2 aromatic carbocycles. The predicted molar refractivity (Wildman–Crippen MR) is 136 cm³/mol. The average molecular weight is 572 g/mol. The number of benzene rings is 2. The molecule has 0 fully saturated rings. The van der Waals surface area contributed by atoms with Gasteiger partial charge >= 0.3 is 6.29 Å². The molecule has 0 bridgehead atoms. The molecule has 8 nitrogen and oxygen atoms in total. The van der Waals surface area contributed by atoms with E-state index in [1.807, 2.05) is 43.3 Å². The van der Waals surface area contributed by atoms with Gasteiger partial charge in [-0.25, -0.2) is 22.6 Å². The molecule has 0 aliphatic rings. The van der Waals surface area contributed by atoms with E-state index >= 15 is 0 Å². The zero-order chi connectivity index (χ0) is 25.3. The molecule has 0 spiro atoms. The summed E-state index contributed by atoms with van der Waals surface area (Å²) in [7, 11) is -0.347. The fraction of sp³-hybridized carbons (Fsp3) is 0.200. The average Bonchev–Trinajstić information content (AvgIpc) is 3.26. The molecule has 0 radical (unpaired) electrons. The summed E-state index contributed by atoms with van der Waals surface area (Å²) in [6, 6.07) is 9.67. The van der Waals surface area contributed by atoms with E-state index in [1.165, 1.54) is 22.2 Å². The van der Waals surface area contributed by atoms with Gasteiger partial charge in [-0.05, 0) is 25.2 Å². The minimum atomic E-state index is -4.17. The van der Waals surface area contributed by atoms with Crippen molar-refractivity contribution < 1.29 is 26.4 Å². The van der Waals surface area contributed by atoms with Crippen LogP contribution in [0.4, 0.5) is 40.8 Å². The van der Waals surface area contributed by atoms with Crippen molar-refractivity contribution in [3.63, 3.8) is 0 Å². The van der Waals surface area contributed by atoms with Crippen LogP contribution in [0.1, 0.15) is 0 Å². The lowest BCUT2D eigenvalue weighted by Crippen LogP contribution is -2.27. The second kappa shape index (κ2) is 14.1. The number of thiazole rings is 1. The molecule has 1 aromatic heterocycles. The van der Waals surface area contributed by atoms with Crippen molar-refractivity contribution in [2.75, 3.05) is 42.1 Å². The van der Waals surface area contributed by atoms with Crippen LogP contribution in [-0.2, 0) is 10.0 Å². The maximum atomic E-state index is 14.7. The molecular formula is C20H22Cl2F3N5O3S2. The first-order valence-corrected chi connectivity index (χ1v) is 12.3. The van der Waals surface area contributed by atoms with E-state index < -0.39 is 27.0 Å². The van der Waals surface area contributed by atoms with Crippen LogP contribution in [-0.4, -0.2) is 46.9 Å². The lowest BCUT2D eigenvalue weighted by molar-refractivity contribution is 0.199. The van der Waals surface area contributed by atoms with E-state index in [9.17, 15) is 21.6 Å². The van der Waals surface area contributed by atoms with E-state index in [0.717, 1.165) is 30.9 Å². The van der Waals surface area contributed by atoms with E-state index in [1.54, 1.807) is 0 Å². The van der Waals surface area contributed by atoms with Crippen molar-refractivity contribution in [1.29, 1.82) is 0 Å². The fourth-order valence-corrected chi connectivity index (χ4v) is 4.66. The quantitative estimate of drug-likeness (QED) is 0.287. The summed E-state index contributed by atoms with van der Waals surface area (Å²) >= 11 is 7.52. The zero-order valence-corrected chi connectivity index (χ0v) is 21.6. The number of rotatable bonds is 9. The molecule has 15 heteroatoms. The number of likely N-dealkylation sites (N-methyl/N-ethyl adjacent to an activating group) is 2. The van der Waals surface area contributed by atoms with E-state index in [-0.39, 0.29) is 28.9 Å². The van der Waals surface area contributed by atoms with E-state index in [0.29, 0.717) is 5.69 Å². The minimum absolute atomic E-state index is 0. The van der Waals surface area contributed by atoms with Crippen LogP contribution >= 0.6 is 35.3 Å². The number of nitrogens with zero attached hydrogens (tertiary/aromatic N) is 2. The number of nitrogens with one attached hydrogen (secondary N) is 3. The lowest BCUT2D eigenvalue weighted by Gasteiger charge is -2.23. The van der Waals surface area contributed by atoms with Crippen molar-refractivity contribution in [2.45, 2.75) is 4.90 Å². The number of carbonyl (C=O) groups is 1. The number of halogens is 5. The highest BCUT2D eigenvalue weighted by Gasteiger charge is 2.22. The Hall–Kier alpha value is -2.58. The molecule has 3 rings (SSSR count). The van der Waals surface area contributed by atoms with Crippen LogP contribution < -0.4 is 20.3 Å². The molecule has 1 heterocycles. The fourth-order valence-electron chi connectivity index (χ4n) is 2.74. The molecule has 0 atom stereocenters. The third kappa shape index (κ3) is 9.18. The first-order chi connectivity index (χ1) is 16.0. The summed E-state index contributed by atoms with van der Waals surface area (Å²) in [5.74, 6) is -0.804. The molecule has 192 valence electrons. The molecule has 0 saturated heterocycles. The highest BCUT2D eigenvalue weighted by molar-refractivity contribution is 7.92. The number of hydrogen-bond acceptors (Lipinski definition) is 8. The van der Waals surface area contributed by atoms with Crippen LogP contribution in [0.5, 0.6) is 0 Å². The molecule has 0 amide bonds.